The van der Waals surface area contributed by atoms with Crippen molar-refractivity contribution in [1.29, 1.82) is 0 Å². The van der Waals surface area contributed by atoms with E-state index in [-0.39, 0.29) is 0 Å². The van der Waals surface area contributed by atoms with Gasteiger partial charge in [-0.15, -0.1) is 0 Å². The summed E-state index contributed by atoms with van der Waals surface area (Å²) >= 11 is 0. The minimum atomic E-state index is 0.774. The fourth-order valence-corrected chi connectivity index (χ4v) is 5.61. The zero-order chi connectivity index (χ0) is 15.6. The molecule has 2 atom stereocenters. The predicted octanol–water partition coefficient (Wildman–Crippen LogP) is 5.48. The Balaban J connectivity index is 1.44. The summed E-state index contributed by atoms with van der Waals surface area (Å²) in [6.07, 6.45) is 19.1. The van der Waals surface area contributed by atoms with E-state index in [0.29, 0.717) is 0 Å². The molecule has 0 spiro atoms. The molecule has 0 radical (unpaired) electrons. The lowest BCUT2D eigenvalue weighted by molar-refractivity contribution is 0.0487. The van der Waals surface area contributed by atoms with E-state index in [1.54, 1.807) is 5.57 Å². The largest absolute Gasteiger partial charge is 0.294 e. The van der Waals surface area contributed by atoms with Crippen LogP contribution in [0.1, 0.15) is 70.6 Å². The van der Waals surface area contributed by atoms with Crippen LogP contribution in [0.5, 0.6) is 0 Å². The molecule has 4 aliphatic rings. The second-order valence-electron chi connectivity index (χ2n) is 7.88. The van der Waals surface area contributed by atoms with Crippen molar-refractivity contribution in [3.63, 3.8) is 0 Å². The molecule has 2 heterocycles. The van der Waals surface area contributed by atoms with Crippen molar-refractivity contribution in [3.05, 3.63) is 33.9 Å². The smallest absolute Gasteiger partial charge is 0.0154 e. The van der Waals surface area contributed by atoms with Crippen LogP contribution in [0.2, 0.25) is 0 Å². The molecule has 2 saturated heterocycles. The van der Waals surface area contributed by atoms with Crippen LogP contribution in [-0.4, -0.2) is 23.0 Å². The summed E-state index contributed by atoms with van der Waals surface area (Å²) in [5, 5.41) is 3.77. The van der Waals surface area contributed by atoms with E-state index in [1.165, 1.54) is 57.8 Å². The number of fused-ring (bicyclic) bond motifs is 2. The Hall–Kier alpha value is -1.25. The summed E-state index contributed by atoms with van der Waals surface area (Å²) < 4.78 is 0. The summed E-state index contributed by atoms with van der Waals surface area (Å²) in [5.41, 5.74) is 11.1. The van der Waals surface area contributed by atoms with E-state index in [1.807, 2.05) is 6.08 Å². The van der Waals surface area contributed by atoms with Crippen LogP contribution >= 0.6 is 0 Å². The molecule has 2 bridgehead atoms. The fraction of sp³-hybridized carbons (Fsp3) is 0.789. The summed E-state index contributed by atoms with van der Waals surface area (Å²) in [5.74, 6) is 0.774. The van der Waals surface area contributed by atoms with Crippen LogP contribution in [0.3, 0.4) is 0 Å². The Morgan fingerprint density at radius 3 is 2.26 bits per heavy atom. The Kier molecular flexibility index (Phi) is 4.46. The van der Waals surface area contributed by atoms with E-state index in [2.05, 4.69) is 21.0 Å². The van der Waals surface area contributed by atoms with Gasteiger partial charge >= 0.3 is 0 Å². The predicted molar refractivity (Wildman–Crippen MR) is 92.8 cm³/mol. The van der Waals surface area contributed by atoms with Crippen molar-refractivity contribution in [1.82, 2.24) is 4.90 Å². The Bertz CT molecular complexity index is 538. The van der Waals surface area contributed by atoms with Crippen LogP contribution in [0.25, 0.3) is 10.4 Å². The van der Waals surface area contributed by atoms with E-state index >= 15 is 0 Å². The van der Waals surface area contributed by atoms with Gasteiger partial charge in [0.2, 0.25) is 0 Å². The summed E-state index contributed by atoms with van der Waals surface area (Å²) in [7, 11) is 0. The molecule has 4 rings (SSSR count). The van der Waals surface area contributed by atoms with E-state index in [0.717, 1.165) is 42.6 Å². The van der Waals surface area contributed by atoms with E-state index in [9.17, 15) is 0 Å². The lowest BCUT2D eigenvalue weighted by atomic mass is 9.79. The van der Waals surface area contributed by atoms with Crippen molar-refractivity contribution in [2.75, 3.05) is 0 Å². The van der Waals surface area contributed by atoms with Gasteiger partial charge in [-0.2, -0.15) is 0 Å². The number of allylic oxidation sites excluding steroid dienone is 4. The molecular weight excluding hydrogens is 284 g/mol. The number of azide groups is 1. The molecule has 3 fully saturated rings. The zero-order valence-corrected chi connectivity index (χ0v) is 14.0. The highest BCUT2D eigenvalue weighted by atomic mass is 15.2. The third-order valence-corrected chi connectivity index (χ3v) is 6.64. The van der Waals surface area contributed by atoms with Gasteiger partial charge in [0.15, 0.2) is 0 Å². The van der Waals surface area contributed by atoms with Gasteiger partial charge < -0.3 is 0 Å². The van der Waals surface area contributed by atoms with Gasteiger partial charge in [0.25, 0.3) is 0 Å². The van der Waals surface area contributed by atoms with Crippen molar-refractivity contribution in [3.8, 4) is 0 Å². The van der Waals surface area contributed by atoms with Crippen LogP contribution in [-0.2, 0) is 0 Å². The van der Waals surface area contributed by atoms with Gasteiger partial charge in [0.1, 0.15) is 0 Å². The topological polar surface area (TPSA) is 52.0 Å². The second-order valence-corrected chi connectivity index (χ2v) is 7.88. The van der Waals surface area contributed by atoms with Crippen LogP contribution in [0.4, 0.5) is 0 Å². The van der Waals surface area contributed by atoms with Gasteiger partial charge in [0.05, 0.1) is 0 Å². The van der Waals surface area contributed by atoms with E-state index < -0.39 is 0 Å². The van der Waals surface area contributed by atoms with Gasteiger partial charge in [0, 0.05) is 28.7 Å². The molecule has 1 saturated carbocycles. The van der Waals surface area contributed by atoms with Crippen LogP contribution in [0.15, 0.2) is 28.5 Å². The highest BCUT2D eigenvalue weighted by Gasteiger charge is 2.44. The number of rotatable bonds is 3. The molecule has 0 aromatic rings. The summed E-state index contributed by atoms with van der Waals surface area (Å²) in [6.45, 7) is 0. The number of piperidine rings is 1. The summed E-state index contributed by atoms with van der Waals surface area (Å²) in [6, 6.07) is 2.56. The Morgan fingerprint density at radius 1 is 0.913 bits per heavy atom. The molecule has 4 heteroatoms. The van der Waals surface area contributed by atoms with Crippen LogP contribution < -0.4 is 0 Å². The molecule has 23 heavy (non-hydrogen) atoms. The van der Waals surface area contributed by atoms with Crippen molar-refractivity contribution in [2.45, 2.75) is 88.8 Å². The molecule has 2 aliphatic carbocycles. The van der Waals surface area contributed by atoms with Crippen molar-refractivity contribution >= 4 is 0 Å². The normalized spacial score (nSPS) is 35.4. The van der Waals surface area contributed by atoms with Gasteiger partial charge in [-0.05, 0) is 62.8 Å². The van der Waals surface area contributed by atoms with Crippen molar-refractivity contribution < 1.29 is 0 Å². The maximum absolute atomic E-state index is 8.56. The molecule has 0 N–H and O–H groups in total. The SMILES string of the molecule is [N-]=[N+]=NC1=CC=C(C2CC3CCC(C2)N3C2CCCCC2)CC1. The highest BCUT2D eigenvalue weighted by molar-refractivity contribution is 5.26. The quantitative estimate of drug-likeness (QED) is 0.387. The third-order valence-electron chi connectivity index (χ3n) is 6.64. The maximum atomic E-state index is 8.56. The Morgan fingerprint density at radius 2 is 1.65 bits per heavy atom. The second kappa shape index (κ2) is 6.70. The lowest BCUT2D eigenvalue weighted by Crippen LogP contribution is -2.49. The molecule has 4 nitrogen and oxygen atoms in total. The number of hydrogen-bond acceptors (Lipinski definition) is 2. The first-order chi connectivity index (χ1) is 11.3. The molecule has 0 amide bonds. The lowest BCUT2D eigenvalue weighted by Gasteiger charge is -2.45. The van der Waals surface area contributed by atoms with Gasteiger partial charge in [-0.25, -0.2) is 0 Å². The minimum Gasteiger partial charge on any atom is -0.294 e. The molecule has 0 aromatic heterocycles. The molecule has 0 aromatic carbocycles. The fourth-order valence-electron chi connectivity index (χ4n) is 5.61. The van der Waals surface area contributed by atoms with Crippen molar-refractivity contribution in [2.24, 2.45) is 11.0 Å². The first-order valence-corrected chi connectivity index (χ1v) is 9.57. The van der Waals surface area contributed by atoms with Gasteiger partial charge in [-0.1, -0.05) is 42.1 Å². The minimum absolute atomic E-state index is 0.774. The first kappa shape index (κ1) is 15.3. The zero-order valence-electron chi connectivity index (χ0n) is 14.0. The highest BCUT2D eigenvalue weighted by Crippen LogP contribution is 2.45. The van der Waals surface area contributed by atoms with Crippen LogP contribution in [0, 0.1) is 5.92 Å². The Labute approximate surface area is 139 Å². The number of nitrogens with zero attached hydrogens (tertiary/aromatic N) is 4. The standard InChI is InChI=1S/C19H28N4/c20-22-21-16-8-6-14(7-9-16)15-12-18-10-11-19(13-15)23(18)17-4-2-1-3-5-17/h6,8,15,17-19H,1-5,7,9-13H2. The monoisotopic (exact) mass is 312 g/mol. The number of hydrogen-bond donors (Lipinski definition) is 0. The van der Waals surface area contributed by atoms with Gasteiger partial charge in [-0.3, -0.25) is 4.90 Å². The van der Waals surface area contributed by atoms with E-state index in [4.69, 9.17) is 5.53 Å². The third kappa shape index (κ3) is 3.07. The molecule has 2 aliphatic heterocycles. The maximum Gasteiger partial charge on any atom is 0.0154 e. The average Bonchev–Trinajstić information content (AvgIpc) is 2.86. The molecular formula is C19H28N4. The molecule has 2 unspecified atom stereocenters. The summed E-state index contributed by atoms with van der Waals surface area (Å²) in [4.78, 5) is 5.86. The average molecular weight is 312 g/mol. The molecule has 124 valence electrons. The first-order valence-electron chi connectivity index (χ1n) is 9.57.